The number of benzene rings is 2. The van der Waals surface area contributed by atoms with Gasteiger partial charge in [-0.1, -0.05) is 19.9 Å². The van der Waals surface area contributed by atoms with Gasteiger partial charge in [0.2, 0.25) is 5.91 Å². The van der Waals surface area contributed by atoms with Crippen molar-refractivity contribution in [2.24, 2.45) is 5.92 Å². The lowest BCUT2D eigenvalue weighted by Gasteiger charge is -2.23. The maximum absolute atomic E-state index is 12.5. The summed E-state index contributed by atoms with van der Waals surface area (Å²) in [5, 5.41) is 6.21. The maximum atomic E-state index is 12.5. The summed E-state index contributed by atoms with van der Waals surface area (Å²) in [6, 6.07) is 11.2. The van der Waals surface area contributed by atoms with E-state index in [1.807, 2.05) is 18.2 Å². The molecular formula is C22H26N4O4. The average Bonchev–Trinajstić information content (AvgIpc) is 2.92. The third-order valence-corrected chi connectivity index (χ3v) is 5.08. The minimum atomic E-state index is -0.273. The first-order chi connectivity index (χ1) is 14.5. The Kier molecular flexibility index (Phi) is 5.76. The van der Waals surface area contributed by atoms with Gasteiger partial charge in [-0.05, 0) is 41.8 Å². The molecule has 0 fully saturated rings. The zero-order valence-corrected chi connectivity index (χ0v) is 17.1. The number of nitrogens with one attached hydrogen (secondary N) is 4. The molecule has 1 atom stereocenters. The highest BCUT2D eigenvalue weighted by Crippen LogP contribution is 2.34. The van der Waals surface area contributed by atoms with Gasteiger partial charge < -0.3 is 30.1 Å². The summed E-state index contributed by atoms with van der Waals surface area (Å²) in [7, 11) is 0. The van der Waals surface area contributed by atoms with Crippen LogP contribution in [0.2, 0.25) is 0 Å². The van der Waals surface area contributed by atoms with Gasteiger partial charge in [0.1, 0.15) is 0 Å². The van der Waals surface area contributed by atoms with Crippen LogP contribution in [0.25, 0.3) is 11.0 Å². The summed E-state index contributed by atoms with van der Waals surface area (Å²) in [5.74, 6) is 1.61. The molecule has 158 valence electrons. The molecule has 2 aromatic carbocycles. The first-order valence-corrected chi connectivity index (χ1v) is 10.1. The molecule has 0 unspecified atom stereocenters. The van der Waals surface area contributed by atoms with E-state index in [0.29, 0.717) is 29.9 Å². The number of carbonyl (C=O) groups excluding carboxylic acids is 1. The van der Waals surface area contributed by atoms with E-state index < -0.39 is 0 Å². The van der Waals surface area contributed by atoms with E-state index in [1.165, 1.54) is 0 Å². The van der Waals surface area contributed by atoms with Gasteiger partial charge in [-0.25, -0.2) is 4.79 Å². The molecule has 2 heterocycles. The first-order valence-electron chi connectivity index (χ1n) is 10.1. The molecular weight excluding hydrogens is 384 g/mol. The highest BCUT2D eigenvalue weighted by molar-refractivity contribution is 5.94. The SMILES string of the molecule is CC(C)[C@H](NCC(=O)Nc1ccc2[nH]c(=O)[nH]c2c1)c1ccc2c(c1)OCCCO2. The molecule has 0 saturated carbocycles. The van der Waals surface area contributed by atoms with Gasteiger partial charge in [-0.2, -0.15) is 0 Å². The van der Waals surface area contributed by atoms with Gasteiger partial charge in [0.25, 0.3) is 0 Å². The predicted molar refractivity (Wildman–Crippen MR) is 115 cm³/mol. The van der Waals surface area contributed by atoms with E-state index in [0.717, 1.165) is 23.5 Å². The highest BCUT2D eigenvalue weighted by Gasteiger charge is 2.20. The Bertz CT molecular complexity index is 1100. The Balaban J connectivity index is 1.42. The molecule has 0 aliphatic carbocycles. The zero-order chi connectivity index (χ0) is 21.1. The third-order valence-electron chi connectivity index (χ3n) is 5.08. The largest absolute Gasteiger partial charge is 0.490 e. The number of ether oxygens (including phenoxy) is 2. The monoisotopic (exact) mass is 410 g/mol. The molecule has 1 aliphatic heterocycles. The van der Waals surface area contributed by atoms with E-state index >= 15 is 0 Å². The van der Waals surface area contributed by atoms with Crippen LogP contribution < -0.4 is 25.8 Å². The second-order valence-corrected chi connectivity index (χ2v) is 7.75. The van der Waals surface area contributed by atoms with Crippen molar-refractivity contribution in [2.75, 3.05) is 25.1 Å². The molecule has 1 aromatic heterocycles. The van der Waals surface area contributed by atoms with Crippen LogP contribution in [-0.4, -0.2) is 35.6 Å². The molecule has 1 aliphatic rings. The fraction of sp³-hybridized carbons (Fsp3) is 0.364. The molecule has 8 heteroatoms. The summed E-state index contributed by atoms with van der Waals surface area (Å²) >= 11 is 0. The van der Waals surface area contributed by atoms with Crippen molar-refractivity contribution in [1.82, 2.24) is 15.3 Å². The maximum Gasteiger partial charge on any atom is 0.323 e. The van der Waals surface area contributed by atoms with Crippen LogP contribution in [0.15, 0.2) is 41.2 Å². The molecule has 30 heavy (non-hydrogen) atoms. The summed E-state index contributed by atoms with van der Waals surface area (Å²) in [5.41, 5.74) is 2.75. The number of hydrogen-bond donors (Lipinski definition) is 4. The van der Waals surface area contributed by atoms with Crippen molar-refractivity contribution in [3.63, 3.8) is 0 Å². The fourth-order valence-corrected chi connectivity index (χ4v) is 3.63. The molecule has 0 spiro atoms. The van der Waals surface area contributed by atoms with Crippen LogP contribution >= 0.6 is 0 Å². The summed E-state index contributed by atoms with van der Waals surface area (Å²) in [6.07, 6.45) is 0.860. The molecule has 0 bridgehead atoms. The lowest BCUT2D eigenvalue weighted by molar-refractivity contribution is -0.115. The van der Waals surface area contributed by atoms with Crippen molar-refractivity contribution < 1.29 is 14.3 Å². The summed E-state index contributed by atoms with van der Waals surface area (Å²) < 4.78 is 11.5. The van der Waals surface area contributed by atoms with E-state index in [1.54, 1.807) is 18.2 Å². The summed E-state index contributed by atoms with van der Waals surface area (Å²) in [6.45, 7) is 5.65. The number of hydrogen-bond acceptors (Lipinski definition) is 5. The van der Waals surface area contributed by atoms with Crippen molar-refractivity contribution in [3.8, 4) is 11.5 Å². The quantitative estimate of drug-likeness (QED) is 0.500. The Labute approximate surface area is 174 Å². The smallest absolute Gasteiger partial charge is 0.323 e. The fourth-order valence-electron chi connectivity index (χ4n) is 3.63. The number of amides is 1. The van der Waals surface area contributed by atoms with E-state index in [4.69, 9.17) is 9.47 Å². The van der Waals surface area contributed by atoms with Gasteiger partial charge in [-0.3, -0.25) is 4.79 Å². The lowest BCUT2D eigenvalue weighted by atomic mass is 9.95. The second kappa shape index (κ2) is 8.62. The topological polar surface area (TPSA) is 108 Å². The van der Waals surface area contributed by atoms with Crippen LogP contribution in [0, 0.1) is 5.92 Å². The molecule has 4 rings (SSSR count). The first kappa shape index (κ1) is 20.0. The molecule has 1 amide bonds. The number of anilines is 1. The number of H-pyrrole nitrogens is 2. The van der Waals surface area contributed by atoms with Crippen LogP contribution in [0.4, 0.5) is 5.69 Å². The number of carbonyl (C=O) groups is 1. The normalized spacial score (nSPS) is 14.5. The zero-order valence-electron chi connectivity index (χ0n) is 17.1. The van der Waals surface area contributed by atoms with Crippen LogP contribution in [-0.2, 0) is 4.79 Å². The number of aromatic nitrogens is 2. The van der Waals surface area contributed by atoms with E-state index in [9.17, 15) is 9.59 Å². The van der Waals surface area contributed by atoms with Crippen LogP contribution in [0.5, 0.6) is 11.5 Å². The Morgan fingerprint density at radius 1 is 1.03 bits per heavy atom. The van der Waals surface area contributed by atoms with Gasteiger partial charge in [-0.15, -0.1) is 0 Å². The molecule has 8 nitrogen and oxygen atoms in total. The van der Waals surface area contributed by atoms with E-state index in [2.05, 4.69) is 34.4 Å². The van der Waals surface area contributed by atoms with E-state index in [-0.39, 0.29) is 30.1 Å². The molecule has 3 aromatic rings. The lowest BCUT2D eigenvalue weighted by Crippen LogP contribution is -2.33. The summed E-state index contributed by atoms with van der Waals surface area (Å²) in [4.78, 5) is 29.2. The van der Waals surface area contributed by atoms with Crippen LogP contribution in [0.3, 0.4) is 0 Å². The molecule has 0 saturated heterocycles. The standard InChI is InChI=1S/C22H26N4O4/c1-13(2)21(14-4-7-18-19(10-14)30-9-3-8-29-18)23-12-20(27)24-15-5-6-16-17(11-15)26-22(28)25-16/h4-7,10-11,13,21,23H,3,8-9,12H2,1-2H3,(H,24,27)(H2,25,26,28)/t21-/m0/s1. The number of rotatable bonds is 6. The third kappa shape index (κ3) is 4.49. The Hall–Kier alpha value is -3.26. The van der Waals surface area contributed by atoms with Crippen molar-refractivity contribution >= 4 is 22.6 Å². The minimum absolute atomic E-state index is 0.0172. The Morgan fingerprint density at radius 3 is 2.60 bits per heavy atom. The molecule has 4 N–H and O–H groups in total. The van der Waals surface area contributed by atoms with Gasteiger partial charge in [0.05, 0.1) is 30.8 Å². The van der Waals surface area contributed by atoms with Crippen LogP contribution in [0.1, 0.15) is 31.9 Å². The number of fused-ring (bicyclic) bond motifs is 2. The number of imidazole rings is 1. The van der Waals surface area contributed by atoms with Crippen molar-refractivity contribution in [3.05, 3.63) is 52.4 Å². The number of aromatic amines is 2. The highest BCUT2D eigenvalue weighted by atomic mass is 16.5. The predicted octanol–water partition coefficient (Wildman–Crippen LogP) is 2.94. The van der Waals surface area contributed by atoms with Gasteiger partial charge in [0, 0.05) is 18.2 Å². The second-order valence-electron chi connectivity index (χ2n) is 7.75. The minimum Gasteiger partial charge on any atom is -0.490 e. The Morgan fingerprint density at radius 2 is 1.80 bits per heavy atom. The van der Waals surface area contributed by atoms with Crippen molar-refractivity contribution in [2.45, 2.75) is 26.3 Å². The van der Waals surface area contributed by atoms with Crippen molar-refractivity contribution in [1.29, 1.82) is 0 Å². The van der Waals surface area contributed by atoms with Gasteiger partial charge in [0.15, 0.2) is 11.5 Å². The average molecular weight is 410 g/mol. The molecule has 0 radical (unpaired) electrons. The van der Waals surface area contributed by atoms with Gasteiger partial charge >= 0.3 is 5.69 Å².